The minimum atomic E-state index is 0.548. The fraction of sp³-hybridized carbons (Fsp3) is 0. The number of benzene rings is 7. The average Bonchev–Trinajstić information content (AvgIpc) is 3.81. The summed E-state index contributed by atoms with van der Waals surface area (Å²) in [5.41, 5.74) is 9.09. The van der Waals surface area contributed by atoms with Gasteiger partial charge in [-0.15, -0.1) is 11.3 Å². The van der Waals surface area contributed by atoms with Crippen LogP contribution in [0.15, 0.2) is 188 Å². The molecule has 0 amide bonds. The van der Waals surface area contributed by atoms with Crippen molar-refractivity contribution in [3.05, 3.63) is 188 Å². The van der Waals surface area contributed by atoms with Gasteiger partial charge in [0.2, 0.25) is 0 Å². The number of hydrogen-bond acceptors (Lipinski definition) is 5. The third-order valence-electron chi connectivity index (χ3n) is 10.5. The van der Waals surface area contributed by atoms with Gasteiger partial charge in [0.05, 0.1) is 16.6 Å². The Morgan fingerprint density at radius 3 is 1.61 bits per heavy atom. The molecule has 11 aromatic rings. The summed E-state index contributed by atoms with van der Waals surface area (Å²) >= 11 is 1.84. The Kier molecular flexibility index (Phi) is 7.60. The number of rotatable bonds is 6. The number of nitrogens with zero attached hydrogens (tertiary/aromatic N) is 5. The van der Waals surface area contributed by atoms with Gasteiger partial charge >= 0.3 is 0 Å². The highest BCUT2D eigenvalue weighted by atomic mass is 32.1. The van der Waals surface area contributed by atoms with E-state index in [-0.39, 0.29) is 0 Å². The molecule has 0 aliphatic heterocycles. The van der Waals surface area contributed by atoms with Crippen molar-refractivity contribution in [1.82, 2.24) is 24.5 Å². The second-order valence-corrected chi connectivity index (χ2v) is 14.9. The first-order valence-electron chi connectivity index (χ1n) is 18.6. The highest BCUT2D eigenvalue weighted by Gasteiger charge is 2.23. The smallest absolute Gasteiger partial charge is 0.167 e. The van der Waals surface area contributed by atoms with Crippen molar-refractivity contribution >= 4 is 53.3 Å². The number of thiophene rings is 1. The van der Waals surface area contributed by atoms with Gasteiger partial charge in [0.25, 0.3) is 0 Å². The van der Waals surface area contributed by atoms with Crippen LogP contribution in [0.1, 0.15) is 0 Å². The van der Waals surface area contributed by atoms with E-state index in [1.807, 2.05) is 84.3 Å². The van der Waals surface area contributed by atoms with Gasteiger partial charge < -0.3 is 0 Å². The molecule has 4 aromatic heterocycles. The van der Waals surface area contributed by atoms with E-state index in [0.29, 0.717) is 17.5 Å². The van der Waals surface area contributed by atoms with Crippen LogP contribution >= 0.6 is 11.3 Å². The molecule has 0 aliphatic rings. The van der Waals surface area contributed by atoms with Crippen molar-refractivity contribution in [2.45, 2.75) is 0 Å². The minimum absolute atomic E-state index is 0.548. The largest absolute Gasteiger partial charge is 0.293 e. The van der Waals surface area contributed by atoms with Crippen LogP contribution in [0, 0.1) is 0 Å². The molecule has 4 heterocycles. The Labute approximate surface area is 326 Å². The highest BCUT2D eigenvalue weighted by molar-refractivity contribution is 7.25. The monoisotopic (exact) mass is 733 g/mol. The summed E-state index contributed by atoms with van der Waals surface area (Å²) in [6.45, 7) is 0. The molecular weight excluding hydrogens is 703 g/mol. The van der Waals surface area contributed by atoms with E-state index in [4.69, 9.17) is 19.9 Å². The standard InChI is InChI=1S/C50H31N5S/c1-4-16-32(17-5-1)36-22-10-11-23-37(36)35-28-42(49-53-47(33-18-6-2-7-19-33)52-48(54-49)34-20-8-3-9-21-34)50(51-31-35)55-43-26-14-12-24-38(43)40-30-46-41(29-44(40)55)39-25-13-15-27-45(39)56-46/h1-31H. The first-order chi connectivity index (χ1) is 27.8. The summed E-state index contributed by atoms with van der Waals surface area (Å²) in [7, 11) is 0. The van der Waals surface area contributed by atoms with Crippen LogP contribution < -0.4 is 0 Å². The molecule has 7 aromatic carbocycles. The van der Waals surface area contributed by atoms with E-state index in [9.17, 15) is 0 Å². The lowest BCUT2D eigenvalue weighted by Crippen LogP contribution is -2.06. The lowest BCUT2D eigenvalue weighted by atomic mass is 9.94. The quantitative estimate of drug-likeness (QED) is 0.171. The van der Waals surface area contributed by atoms with Gasteiger partial charge in [0.1, 0.15) is 5.82 Å². The Balaban J connectivity index is 1.24. The first-order valence-corrected chi connectivity index (χ1v) is 19.5. The number of para-hydroxylation sites is 1. The molecule has 11 rings (SSSR count). The summed E-state index contributed by atoms with van der Waals surface area (Å²) in [6.07, 6.45) is 2.00. The molecule has 0 saturated carbocycles. The molecule has 0 atom stereocenters. The molecule has 0 aliphatic carbocycles. The SMILES string of the molecule is c1ccc(-c2nc(-c3ccccc3)nc(-c3cc(-c4ccccc4-c4ccccc4)cnc3-n3c4ccccc4c4cc5sc6ccccc6c5cc43)n2)cc1. The van der Waals surface area contributed by atoms with Gasteiger partial charge in [0, 0.05) is 53.8 Å². The fourth-order valence-corrected chi connectivity index (χ4v) is 9.02. The molecule has 6 heteroatoms. The molecular formula is C50H31N5S. The normalized spacial score (nSPS) is 11.6. The van der Waals surface area contributed by atoms with Crippen molar-refractivity contribution < 1.29 is 0 Å². The van der Waals surface area contributed by atoms with Gasteiger partial charge in [-0.25, -0.2) is 19.9 Å². The molecule has 0 fully saturated rings. The molecule has 262 valence electrons. The van der Waals surface area contributed by atoms with Crippen LogP contribution in [0.2, 0.25) is 0 Å². The lowest BCUT2D eigenvalue weighted by molar-refractivity contribution is 1.04. The molecule has 0 N–H and O–H groups in total. The zero-order valence-electron chi connectivity index (χ0n) is 30.0. The number of aromatic nitrogens is 5. The summed E-state index contributed by atoms with van der Waals surface area (Å²) in [6, 6.07) is 63.5. The zero-order valence-corrected chi connectivity index (χ0v) is 30.9. The third kappa shape index (κ3) is 5.38. The maximum atomic E-state index is 5.41. The number of hydrogen-bond donors (Lipinski definition) is 0. The third-order valence-corrected chi connectivity index (χ3v) is 11.6. The van der Waals surface area contributed by atoms with E-state index >= 15 is 0 Å². The molecule has 0 unspecified atom stereocenters. The van der Waals surface area contributed by atoms with Crippen LogP contribution in [0.4, 0.5) is 0 Å². The first kappa shape index (κ1) is 32.2. The van der Waals surface area contributed by atoms with Crippen LogP contribution in [-0.4, -0.2) is 24.5 Å². The van der Waals surface area contributed by atoms with Crippen molar-refractivity contribution in [2.75, 3.05) is 0 Å². The van der Waals surface area contributed by atoms with E-state index in [1.165, 1.54) is 30.9 Å². The predicted molar refractivity (Wildman–Crippen MR) is 232 cm³/mol. The second-order valence-electron chi connectivity index (χ2n) is 13.9. The Morgan fingerprint density at radius 1 is 0.357 bits per heavy atom. The molecule has 0 radical (unpaired) electrons. The van der Waals surface area contributed by atoms with Gasteiger partial charge in [-0.05, 0) is 47.0 Å². The maximum Gasteiger partial charge on any atom is 0.167 e. The van der Waals surface area contributed by atoms with E-state index in [2.05, 4.69) is 120 Å². The zero-order chi connectivity index (χ0) is 37.0. The van der Waals surface area contributed by atoms with Crippen LogP contribution in [-0.2, 0) is 0 Å². The number of pyridine rings is 1. The molecule has 0 saturated heterocycles. The maximum absolute atomic E-state index is 5.41. The molecule has 0 bridgehead atoms. The van der Waals surface area contributed by atoms with Gasteiger partial charge in [0.15, 0.2) is 17.5 Å². The van der Waals surface area contributed by atoms with Gasteiger partial charge in [-0.1, -0.05) is 152 Å². The molecule has 0 spiro atoms. The van der Waals surface area contributed by atoms with E-state index in [0.717, 1.165) is 55.8 Å². The fourth-order valence-electron chi connectivity index (χ4n) is 7.90. The van der Waals surface area contributed by atoms with Crippen molar-refractivity contribution in [3.63, 3.8) is 0 Å². The van der Waals surface area contributed by atoms with Crippen LogP contribution in [0.3, 0.4) is 0 Å². The topological polar surface area (TPSA) is 56.5 Å². The highest BCUT2D eigenvalue weighted by Crippen LogP contribution is 2.42. The average molecular weight is 734 g/mol. The number of fused-ring (bicyclic) bond motifs is 6. The molecule has 5 nitrogen and oxygen atoms in total. The van der Waals surface area contributed by atoms with Crippen molar-refractivity contribution in [2.24, 2.45) is 0 Å². The minimum Gasteiger partial charge on any atom is -0.293 e. The lowest BCUT2D eigenvalue weighted by Gasteiger charge is -2.16. The van der Waals surface area contributed by atoms with Gasteiger partial charge in [-0.2, -0.15) is 0 Å². The van der Waals surface area contributed by atoms with Crippen molar-refractivity contribution in [3.8, 4) is 62.2 Å². The van der Waals surface area contributed by atoms with E-state index in [1.54, 1.807) is 0 Å². The van der Waals surface area contributed by atoms with Crippen LogP contribution in [0.5, 0.6) is 0 Å². The van der Waals surface area contributed by atoms with E-state index < -0.39 is 0 Å². The molecule has 56 heavy (non-hydrogen) atoms. The summed E-state index contributed by atoms with van der Waals surface area (Å²) in [4.78, 5) is 21.0. The van der Waals surface area contributed by atoms with Gasteiger partial charge in [-0.3, -0.25) is 4.57 Å². The predicted octanol–water partition coefficient (Wildman–Crippen LogP) is 13.1. The second kappa shape index (κ2) is 13.2. The Morgan fingerprint density at radius 2 is 0.911 bits per heavy atom. The summed E-state index contributed by atoms with van der Waals surface area (Å²) in [5.74, 6) is 2.50. The van der Waals surface area contributed by atoms with Crippen molar-refractivity contribution in [1.29, 1.82) is 0 Å². The Bertz CT molecular complexity index is 3190. The summed E-state index contributed by atoms with van der Waals surface area (Å²) < 4.78 is 4.84. The summed E-state index contributed by atoms with van der Waals surface area (Å²) in [5, 5.41) is 4.83. The Hall–Kier alpha value is -7.28. The van der Waals surface area contributed by atoms with Crippen LogP contribution in [0.25, 0.3) is 104 Å².